The first-order valence-electron chi connectivity index (χ1n) is 8.69. The number of esters is 2. The van der Waals surface area contributed by atoms with E-state index in [0.29, 0.717) is 0 Å². The number of benzene rings is 2. The van der Waals surface area contributed by atoms with Crippen molar-refractivity contribution in [1.29, 1.82) is 0 Å². The Balaban J connectivity index is 2.36. The quantitative estimate of drug-likeness (QED) is 0.280. The van der Waals surface area contributed by atoms with Crippen LogP contribution in [0, 0.1) is 10.1 Å². The number of anilines is 1. The number of carbonyl (C=O) groups excluding carboxylic acids is 3. The van der Waals surface area contributed by atoms with Crippen molar-refractivity contribution in [2.24, 2.45) is 0 Å². The van der Waals surface area contributed by atoms with E-state index in [0.717, 1.165) is 44.6 Å². The Bertz CT molecular complexity index is 1090. The Morgan fingerprint density at radius 1 is 1.06 bits per heavy atom. The van der Waals surface area contributed by atoms with Gasteiger partial charge in [-0.3, -0.25) is 14.9 Å². The molecule has 0 unspecified atom stereocenters. The first-order chi connectivity index (χ1) is 15.2. The maximum Gasteiger partial charge on any atom is 0.387 e. The Morgan fingerprint density at radius 2 is 1.75 bits per heavy atom. The Kier molecular flexibility index (Phi) is 7.93. The molecule has 2 aromatic rings. The number of hydrogen-bond acceptors (Lipinski definition) is 8. The van der Waals surface area contributed by atoms with Gasteiger partial charge < -0.3 is 19.5 Å². The molecule has 0 heterocycles. The number of nitrogens with zero attached hydrogens (tertiary/aromatic N) is 1. The first-order valence-corrected chi connectivity index (χ1v) is 8.69. The molecule has 12 heteroatoms. The molecule has 10 nitrogen and oxygen atoms in total. The number of hydrogen-bond donors (Lipinski definition) is 1. The Morgan fingerprint density at radius 3 is 2.34 bits per heavy atom. The number of carbonyl (C=O) groups is 3. The minimum absolute atomic E-state index is 0.0331. The lowest BCUT2D eigenvalue weighted by Crippen LogP contribution is -2.14. The lowest BCUT2D eigenvalue weighted by molar-refractivity contribution is -0.384. The van der Waals surface area contributed by atoms with E-state index < -0.39 is 40.8 Å². The summed E-state index contributed by atoms with van der Waals surface area (Å²) >= 11 is 0. The second-order valence-electron chi connectivity index (χ2n) is 5.92. The lowest BCUT2D eigenvalue weighted by Gasteiger charge is -2.10. The van der Waals surface area contributed by atoms with E-state index in [1.165, 1.54) is 18.2 Å². The van der Waals surface area contributed by atoms with Crippen LogP contribution in [0.5, 0.6) is 5.75 Å². The maximum atomic E-state index is 12.6. The van der Waals surface area contributed by atoms with Crippen molar-refractivity contribution in [2.45, 2.75) is 6.61 Å². The number of rotatable bonds is 8. The van der Waals surface area contributed by atoms with E-state index in [1.54, 1.807) is 0 Å². The van der Waals surface area contributed by atoms with Crippen LogP contribution in [0.1, 0.15) is 26.3 Å². The predicted molar refractivity (Wildman–Crippen MR) is 107 cm³/mol. The molecule has 1 N–H and O–H groups in total. The second-order valence-corrected chi connectivity index (χ2v) is 5.92. The van der Waals surface area contributed by atoms with Crippen molar-refractivity contribution < 1.29 is 42.3 Å². The summed E-state index contributed by atoms with van der Waals surface area (Å²) in [5, 5.41) is 13.3. The van der Waals surface area contributed by atoms with Crippen LogP contribution in [0.25, 0.3) is 6.08 Å². The van der Waals surface area contributed by atoms with Crippen molar-refractivity contribution in [3.63, 3.8) is 0 Å². The third-order valence-electron chi connectivity index (χ3n) is 3.94. The molecule has 2 aromatic carbocycles. The van der Waals surface area contributed by atoms with E-state index in [4.69, 9.17) is 0 Å². The van der Waals surface area contributed by atoms with Crippen LogP contribution in [0.2, 0.25) is 0 Å². The summed E-state index contributed by atoms with van der Waals surface area (Å²) in [5.74, 6) is -2.76. The van der Waals surface area contributed by atoms with Crippen LogP contribution in [0.15, 0.2) is 42.5 Å². The fourth-order valence-electron chi connectivity index (χ4n) is 2.50. The van der Waals surface area contributed by atoms with Gasteiger partial charge in [-0.1, -0.05) is 0 Å². The molecule has 0 aliphatic rings. The standard InChI is InChI=1S/C20H16F2N2O8/c1-30-18(26)12-3-6-14(19(27)31-2)15(10-12)23-17(25)8-4-11-9-13(24(28)29)5-7-16(11)32-20(21)22/h3-10,20H,1-2H3,(H,23,25). The summed E-state index contributed by atoms with van der Waals surface area (Å²) in [5.41, 5.74) is -0.696. The van der Waals surface area contributed by atoms with Crippen LogP contribution in [-0.4, -0.2) is 43.6 Å². The van der Waals surface area contributed by atoms with Crippen molar-refractivity contribution >= 4 is 35.3 Å². The van der Waals surface area contributed by atoms with Gasteiger partial charge in [-0.2, -0.15) is 8.78 Å². The molecule has 0 spiro atoms. The molecule has 0 bridgehead atoms. The van der Waals surface area contributed by atoms with Gasteiger partial charge in [0.25, 0.3) is 5.69 Å². The topological polar surface area (TPSA) is 134 Å². The normalized spacial score (nSPS) is 10.7. The molecular weight excluding hydrogens is 434 g/mol. The van der Waals surface area contributed by atoms with Gasteiger partial charge >= 0.3 is 18.6 Å². The average Bonchev–Trinajstić information content (AvgIpc) is 2.76. The number of amides is 1. The molecule has 0 saturated heterocycles. The first kappa shape index (κ1) is 23.9. The fraction of sp³-hybridized carbons (Fsp3) is 0.150. The van der Waals surface area contributed by atoms with E-state index in [-0.39, 0.29) is 22.4 Å². The minimum Gasteiger partial charge on any atom is -0.465 e. The summed E-state index contributed by atoms with van der Waals surface area (Å²) in [7, 11) is 2.27. The van der Waals surface area contributed by atoms with E-state index in [2.05, 4.69) is 19.5 Å². The van der Waals surface area contributed by atoms with Crippen molar-refractivity contribution in [2.75, 3.05) is 19.5 Å². The van der Waals surface area contributed by atoms with Crippen LogP contribution in [0.4, 0.5) is 20.2 Å². The molecule has 2 rings (SSSR count). The molecule has 0 aliphatic heterocycles. The summed E-state index contributed by atoms with van der Waals surface area (Å²) in [6.45, 7) is -3.19. The molecule has 168 valence electrons. The van der Waals surface area contributed by atoms with Crippen molar-refractivity contribution in [3.05, 3.63) is 69.3 Å². The Hall–Kier alpha value is -4.35. The van der Waals surface area contributed by atoms with Gasteiger partial charge in [0.05, 0.1) is 36.0 Å². The number of nitrogens with one attached hydrogen (secondary N) is 1. The van der Waals surface area contributed by atoms with E-state index in [1.807, 2.05) is 0 Å². The Labute approximate surface area is 179 Å². The predicted octanol–water partition coefficient (Wildman–Crippen LogP) is 3.42. The van der Waals surface area contributed by atoms with E-state index in [9.17, 15) is 33.3 Å². The number of halogens is 2. The summed E-state index contributed by atoms with van der Waals surface area (Å²) in [6, 6.07) is 6.60. The van der Waals surface area contributed by atoms with Crippen LogP contribution >= 0.6 is 0 Å². The number of methoxy groups -OCH3 is 2. The van der Waals surface area contributed by atoms with Gasteiger partial charge in [-0.05, 0) is 30.3 Å². The summed E-state index contributed by atoms with van der Waals surface area (Å²) in [4.78, 5) is 46.2. The van der Waals surface area contributed by atoms with Gasteiger partial charge in [-0.25, -0.2) is 9.59 Å². The zero-order valence-corrected chi connectivity index (χ0v) is 16.7. The highest BCUT2D eigenvalue weighted by molar-refractivity contribution is 6.07. The van der Waals surface area contributed by atoms with Gasteiger partial charge in [0.15, 0.2) is 0 Å². The van der Waals surface area contributed by atoms with Gasteiger partial charge in [0, 0.05) is 23.8 Å². The summed E-state index contributed by atoms with van der Waals surface area (Å²) in [6.07, 6.45) is 1.89. The highest BCUT2D eigenvalue weighted by Gasteiger charge is 2.17. The monoisotopic (exact) mass is 450 g/mol. The highest BCUT2D eigenvalue weighted by Crippen LogP contribution is 2.27. The zero-order chi connectivity index (χ0) is 23.8. The largest absolute Gasteiger partial charge is 0.465 e. The molecule has 32 heavy (non-hydrogen) atoms. The van der Waals surface area contributed by atoms with E-state index >= 15 is 0 Å². The maximum absolute atomic E-state index is 12.6. The molecular formula is C20H16F2N2O8. The molecule has 0 aromatic heterocycles. The smallest absolute Gasteiger partial charge is 0.387 e. The highest BCUT2D eigenvalue weighted by atomic mass is 19.3. The number of non-ortho nitro benzene ring substituents is 1. The van der Waals surface area contributed by atoms with Crippen molar-refractivity contribution in [3.8, 4) is 5.75 Å². The molecule has 0 radical (unpaired) electrons. The summed E-state index contributed by atoms with van der Waals surface area (Å²) < 4.78 is 38.7. The lowest BCUT2D eigenvalue weighted by atomic mass is 10.1. The molecule has 0 fully saturated rings. The van der Waals surface area contributed by atoms with Gasteiger partial charge in [-0.15, -0.1) is 0 Å². The molecule has 1 amide bonds. The SMILES string of the molecule is COC(=O)c1ccc(C(=O)OC)c(NC(=O)C=Cc2cc([N+](=O)[O-])ccc2OC(F)F)c1. The molecule has 0 atom stereocenters. The number of ether oxygens (including phenoxy) is 3. The average molecular weight is 450 g/mol. The second kappa shape index (κ2) is 10.6. The van der Waals surface area contributed by atoms with Crippen molar-refractivity contribution in [1.82, 2.24) is 0 Å². The minimum atomic E-state index is -3.19. The van der Waals surface area contributed by atoms with Crippen LogP contribution in [0.3, 0.4) is 0 Å². The fourth-order valence-corrected chi connectivity index (χ4v) is 2.50. The molecule has 0 saturated carbocycles. The van der Waals surface area contributed by atoms with Crippen LogP contribution < -0.4 is 10.1 Å². The third-order valence-corrected chi connectivity index (χ3v) is 3.94. The van der Waals surface area contributed by atoms with Crippen LogP contribution in [-0.2, 0) is 14.3 Å². The van der Waals surface area contributed by atoms with Gasteiger partial charge in [0.2, 0.25) is 5.91 Å². The van der Waals surface area contributed by atoms with Gasteiger partial charge in [0.1, 0.15) is 5.75 Å². The third kappa shape index (κ3) is 6.08. The molecule has 0 aliphatic carbocycles. The zero-order valence-electron chi connectivity index (χ0n) is 16.7. The number of nitro groups is 1. The number of nitro benzene ring substituents is 1. The number of alkyl halides is 2.